The Labute approximate surface area is 170 Å². The third-order valence-electron chi connectivity index (χ3n) is 4.95. The van der Waals surface area contributed by atoms with Gasteiger partial charge in [-0.1, -0.05) is 24.3 Å². The number of sulfonamides is 1. The Morgan fingerprint density at radius 3 is 2.62 bits per heavy atom. The van der Waals surface area contributed by atoms with Gasteiger partial charge in [-0.05, 0) is 54.2 Å². The summed E-state index contributed by atoms with van der Waals surface area (Å²) in [6.07, 6.45) is 6.26. The van der Waals surface area contributed by atoms with Gasteiger partial charge in [-0.25, -0.2) is 8.42 Å². The number of benzene rings is 2. The van der Waals surface area contributed by atoms with Gasteiger partial charge in [-0.3, -0.25) is 9.71 Å². The predicted molar refractivity (Wildman–Crippen MR) is 118 cm³/mol. The molecule has 4 N–H and O–H groups in total. The van der Waals surface area contributed by atoms with E-state index in [1.54, 1.807) is 12.1 Å². The summed E-state index contributed by atoms with van der Waals surface area (Å²) in [5.41, 5.74) is 12.1. The first kappa shape index (κ1) is 19.1. The second kappa shape index (κ2) is 7.33. The van der Waals surface area contributed by atoms with Crippen LogP contribution in [0.1, 0.15) is 29.9 Å². The highest BCUT2D eigenvalue weighted by molar-refractivity contribution is 7.92. The Kier molecular flexibility index (Phi) is 4.84. The second-order valence-electron chi connectivity index (χ2n) is 7.38. The van der Waals surface area contributed by atoms with E-state index in [4.69, 9.17) is 11.1 Å². The Balaban J connectivity index is 1.88. The summed E-state index contributed by atoms with van der Waals surface area (Å²) < 4.78 is 25.9. The molecule has 0 atom stereocenters. The lowest BCUT2D eigenvalue weighted by Crippen LogP contribution is -2.10. The van der Waals surface area contributed by atoms with Crippen molar-refractivity contribution in [3.05, 3.63) is 65.9 Å². The molecule has 0 radical (unpaired) electrons. The first-order valence-electron chi connectivity index (χ1n) is 9.32. The van der Waals surface area contributed by atoms with Crippen LogP contribution in [0.3, 0.4) is 0 Å². The van der Waals surface area contributed by atoms with Crippen LogP contribution in [0.4, 0.5) is 11.4 Å². The lowest BCUT2D eigenvalue weighted by atomic mass is 9.95. The summed E-state index contributed by atoms with van der Waals surface area (Å²) in [6.45, 7) is 0. The molecule has 3 aromatic rings. The van der Waals surface area contributed by atoms with Gasteiger partial charge in [0.25, 0.3) is 0 Å². The van der Waals surface area contributed by atoms with Crippen LogP contribution in [-0.4, -0.2) is 25.9 Å². The maximum atomic E-state index is 11.7. The van der Waals surface area contributed by atoms with E-state index in [1.165, 1.54) is 30.8 Å². The minimum atomic E-state index is -3.43. The molecule has 29 heavy (non-hydrogen) atoms. The number of rotatable bonds is 6. The van der Waals surface area contributed by atoms with E-state index < -0.39 is 10.0 Å². The summed E-state index contributed by atoms with van der Waals surface area (Å²) in [5, 5.41) is 7.59. The van der Waals surface area contributed by atoms with E-state index in [-0.39, 0.29) is 0 Å². The average Bonchev–Trinajstić information content (AvgIpc) is 3.52. The topological polar surface area (TPSA) is 109 Å². The molecular weight excluding hydrogens is 384 g/mol. The van der Waals surface area contributed by atoms with Crippen molar-refractivity contribution in [2.24, 2.45) is 0 Å². The van der Waals surface area contributed by atoms with Gasteiger partial charge in [0.1, 0.15) is 0 Å². The zero-order valence-corrected chi connectivity index (χ0v) is 16.8. The minimum Gasteiger partial charge on any atom is -0.398 e. The number of pyridine rings is 1. The molecule has 6 nitrogen and oxygen atoms in total. The molecule has 7 heteroatoms. The van der Waals surface area contributed by atoms with Crippen molar-refractivity contribution in [2.45, 2.75) is 18.8 Å². The highest BCUT2D eigenvalue weighted by Gasteiger charge is 2.24. The molecule has 4 rings (SSSR count). The van der Waals surface area contributed by atoms with Gasteiger partial charge < -0.3 is 11.1 Å². The molecule has 1 saturated carbocycles. The van der Waals surface area contributed by atoms with E-state index in [0.29, 0.717) is 22.9 Å². The van der Waals surface area contributed by atoms with E-state index in [1.807, 2.05) is 24.3 Å². The summed E-state index contributed by atoms with van der Waals surface area (Å²) in [5.74, 6) is 0.616. The number of anilines is 2. The fourth-order valence-corrected chi connectivity index (χ4v) is 3.95. The molecule has 2 aromatic carbocycles. The Morgan fingerprint density at radius 1 is 1.14 bits per heavy atom. The lowest BCUT2D eigenvalue weighted by Gasteiger charge is -2.14. The Morgan fingerprint density at radius 2 is 1.93 bits per heavy atom. The zero-order valence-electron chi connectivity index (χ0n) is 16.0. The molecule has 1 aliphatic carbocycles. The molecule has 0 aliphatic heterocycles. The molecule has 0 amide bonds. The van der Waals surface area contributed by atoms with Gasteiger partial charge in [0, 0.05) is 28.6 Å². The molecule has 148 valence electrons. The van der Waals surface area contributed by atoms with Crippen molar-refractivity contribution in [2.75, 3.05) is 16.7 Å². The van der Waals surface area contributed by atoms with E-state index in [2.05, 4.69) is 21.8 Å². The van der Waals surface area contributed by atoms with Crippen LogP contribution >= 0.6 is 0 Å². The van der Waals surface area contributed by atoms with Crippen LogP contribution in [-0.2, 0) is 10.0 Å². The van der Waals surface area contributed by atoms with Gasteiger partial charge in [0.15, 0.2) is 0 Å². The Bertz CT molecular complexity index is 1200. The van der Waals surface area contributed by atoms with E-state index in [9.17, 15) is 8.42 Å². The number of nitrogen functional groups attached to an aromatic ring is 1. The fraction of sp³-hybridized carbons (Fsp3) is 0.182. The normalized spacial score (nSPS) is 13.8. The van der Waals surface area contributed by atoms with Gasteiger partial charge in [-0.15, -0.1) is 0 Å². The summed E-state index contributed by atoms with van der Waals surface area (Å²) in [4.78, 5) is 4.59. The average molecular weight is 407 g/mol. The van der Waals surface area contributed by atoms with Crippen molar-refractivity contribution in [1.29, 1.82) is 5.41 Å². The molecular formula is C22H22N4O2S. The number of aromatic nitrogens is 1. The highest BCUT2D eigenvalue weighted by Crippen LogP contribution is 2.42. The third kappa shape index (κ3) is 4.30. The quantitative estimate of drug-likeness (QED) is 0.420. The molecule has 1 aliphatic rings. The minimum absolute atomic E-state index is 0.387. The second-order valence-corrected chi connectivity index (χ2v) is 9.13. The van der Waals surface area contributed by atoms with Crippen molar-refractivity contribution in [1.82, 2.24) is 4.98 Å². The van der Waals surface area contributed by atoms with Crippen molar-refractivity contribution in [3.8, 4) is 22.4 Å². The van der Waals surface area contributed by atoms with Gasteiger partial charge in [-0.2, -0.15) is 0 Å². The molecule has 0 unspecified atom stereocenters. The van der Waals surface area contributed by atoms with Crippen LogP contribution in [0.25, 0.3) is 22.4 Å². The summed E-state index contributed by atoms with van der Waals surface area (Å²) in [6, 6.07) is 15.5. The number of hydrogen-bond donors (Lipinski definition) is 3. The smallest absolute Gasteiger partial charge is 0.229 e. The van der Waals surface area contributed by atoms with Crippen LogP contribution < -0.4 is 10.5 Å². The zero-order chi connectivity index (χ0) is 20.6. The largest absolute Gasteiger partial charge is 0.398 e. The van der Waals surface area contributed by atoms with Crippen LogP contribution in [0.2, 0.25) is 0 Å². The number of nitrogens with one attached hydrogen (secondary N) is 2. The predicted octanol–water partition coefficient (Wildman–Crippen LogP) is 4.24. The first-order valence-corrected chi connectivity index (χ1v) is 11.2. The molecule has 1 aromatic heterocycles. The van der Waals surface area contributed by atoms with Gasteiger partial charge >= 0.3 is 0 Å². The van der Waals surface area contributed by atoms with Crippen molar-refractivity contribution in [3.63, 3.8) is 0 Å². The first-order chi connectivity index (χ1) is 13.8. The summed E-state index contributed by atoms with van der Waals surface area (Å²) in [7, 11) is -3.43. The highest BCUT2D eigenvalue weighted by atomic mass is 32.2. The number of hydrogen-bond acceptors (Lipinski definition) is 5. The van der Waals surface area contributed by atoms with E-state index >= 15 is 0 Å². The van der Waals surface area contributed by atoms with Crippen LogP contribution in [0.5, 0.6) is 0 Å². The standard InChI is InChI=1S/C22H22N4O2S/c1-29(27,28)26-19-11-20(16-7-8-21(24)18(10-16)12-23)22(25-13-19)17-4-2-3-15(9-17)14-5-6-14/h2-4,7-14,23,26H,5-6,24H2,1H3. The summed E-state index contributed by atoms with van der Waals surface area (Å²) >= 11 is 0. The molecule has 0 saturated heterocycles. The monoisotopic (exact) mass is 406 g/mol. The van der Waals surface area contributed by atoms with Crippen LogP contribution in [0.15, 0.2) is 54.7 Å². The maximum Gasteiger partial charge on any atom is 0.229 e. The Hall–Kier alpha value is -3.19. The fourth-order valence-electron chi connectivity index (χ4n) is 3.41. The maximum absolute atomic E-state index is 11.7. The third-order valence-corrected chi connectivity index (χ3v) is 5.56. The van der Waals surface area contributed by atoms with Gasteiger partial charge in [0.2, 0.25) is 10.0 Å². The van der Waals surface area contributed by atoms with E-state index in [0.717, 1.165) is 28.6 Å². The molecule has 0 spiro atoms. The molecule has 1 fully saturated rings. The number of nitrogens with zero attached hydrogens (tertiary/aromatic N) is 1. The van der Waals surface area contributed by atoms with Gasteiger partial charge in [0.05, 0.1) is 23.8 Å². The van der Waals surface area contributed by atoms with Crippen LogP contribution in [0, 0.1) is 5.41 Å². The van der Waals surface area contributed by atoms with Crippen molar-refractivity contribution >= 4 is 27.6 Å². The number of nitrogens with two attached hydrogens (primary N) is 1. The molecule has 1 heterocycles. The lowest BCUT2D eigenvalue weighted by molar-refractivity contribution is 0.607. The van der Waals surface area contributed by atoms with Crippen molar-refractivity contribution < 1.29 is 8.42 Å². The SMILES string of the molecule is CS(=O)(=O)Nc1cnc(-c2cccc(C3CC3)c2)c(-c2ccc(N)c(C=N)c2)c1. The molecule has 0 bridgehead atoms.